The highest BCUT2D eigenvalue weighted by atomic mass is 16.7. The van der Waals surface area contributed by atoms with Crippen molar-refractivity contribution in [3.8, 4) is 28.4 Å². The molecule has 2 aliphatic heterocycles. The molecular formula is C29H32O12. The first-order chi connectivity index (χ1) is 19.0. The number of carbonyl (C=O) groups is 1. The molecule has 0 bridgehead atoms. The van der Waals surface area contributed by atoms with Gasteiger partial charge in [-0.2, -0.15) is 0 Å². The number of ether oxygens (including phenoxy) is 4. The average Bonchev–Trinajstić information content (AvgIpc) is 2.91. The van der Waals surface area contributed by atoms with Crippen molar-refractivity contribution in [2.24, 2.45) is 0 Å². The summed E-state index contributed by atoms with van der Waals surface area (Å²) in [5.74, 6) is -3.35. The van der Waals surface area contributed by atoms with Gasteiger partial charge in [-0.05, 0) is 57.5 Å². The van der Waals surface area contributed by atoms with Crippen molar-refractivity contribution >= 4 is 16.9 Å². The lowest BCUT2D eigenvalue weighted by molar-refractivity contribution is -0.441. The van der Waals surface area contributed by atoms with Crippen LogP contribution in [0.2, 0.25) is 0 Å². The van der Waals surface area contributed by atoms with Crippen LogP contribution in [-0.4, -0.2) is 79.5 Å². The zero-order valence-electron chi connectivity index (χ0n) is 23.2. The van der Waals surface area contributed by atoms with Crippen LogP contribution in [-0.2, 0) is 4.74 Å². The molecule has 12 nitrogen and oxygen atoms in total. The molecule has 1 aromatic heterocycles. The molecule has 2 aromatic carbocycles. The van der Waals surface area contributed by atoms with Crippen LogP contribution in [0.25, 0.3) is 22.1 Å². The molecule has 1 fully saturated rings. The van der Waals surface area contributed by atoms with E-state index in [1.807, 2.05) is 0 Å². The normalized spacial score (nSPS) is 33.0. The van der Waals surface area contributed by atoms with E-state index in [4.69, 9.17) is 23.4 Å². The van der Waals surface area contributed by atoms with Crippen LogP contribution in [0.4, 0.5) is 0 Å². The van der Waals surface area contributed by atoms with Crippen LogP contribution in [0.5, 0.6) is 17.2 Å². The number of benzene rings is 2. The monoisotopic (exact) mass is 572 g/mol. The molecule has 12 heteroatoms. The van der Waals surface area contributed by atoms with Crippen molar-refractivity contribution in [3.05, 3.63) is 52.4 Å². The van der Waals surface area contributed by atoms with Gasteiger partial charge in [-0.25, -0.2) is 4.79 Å². The molecule has 220 valence electrons. The second kappa shape index (κ2) is 9.16. The first-order valence-electron chi connectivity index (χ1n) is 12.9. The van der Waals surface area contributed by atoms with Crippen LogP contribution in [0.3, 0.4) is 0 Å². The summed E-state index contributed by atoms with van der Waals surface area (Å²) < 4.78 is 28.8. The highest BCUT2D eigenvalue weighted by Gasteiger charge is 2.75. The van der Waals surface area contributed by atoms with E-state index < -0.39 is 52.0 Å². The fraction of sp³-hybridized carbons (Fsp3) is 0.448. The SMILES string of the molecule is C[C@]1(Oc2ccc3c(=O)c(-c4ccc5c(c4)OCCO5)c(C(=O)O)oc3c2)O[C@](C)(CO)[C@](C)(O)[C@](C)(O)[C@@]1(C)O. The minimum Gasteiger partial charge on any atom is -0.486 e. The lowest BCUT2D eigenvalue weighted by atomic mass is 9.61. The van der Waals surface area contributed by atoms with Crippen molar-refractivity contribution in [1.29, 1.82) is 0 Å². The van der Waals surface area contributed by atoms with E-state index in [1.165, 1.54) is 65.0 Å². The summed E-state index contributed by atoms with van der Waals surface area (Å²) in [6.45, 7) is 6.25. The molecule has 0 unspecified atom stereocenters. The summed E-state index contributed by atoms with van der Waals surface area (Å²) in [5.41, 5.74) is -9.10. The number of aliphatic hydroxyl groups excluding tert-OH is 1. The fourth-order valence-electron chi connectivity index (χ4n) is 5.44. The van der Waals surface area contributed by atoms with Gasteiger partial charge in [0.15, 0.2) is 17.1 Å². The van der Waals surface area contributed by atoms with Gasteiger partial charge in [-0.1, -0.05) is 6.07 Å². The second-order valence-corrected chi connectivity index (χ2v) is 11.2. The Bertz CT molecular complexity index is 1600. The summed E-state index contributed by atoms with van der Waals surface area (Å²) >= 11 is 0. The number of hydrogen-bond donors (Lipinski definition) is 5. The molecule has 5 N–H and O–H groups in total. The van der Waals surface area contributed by atoms with Gasteiger partial charge in [0, 0.05) is 13.0 Å². The summed E-state index contributed by atoms with van der Waals surface area (Å²) in [7, 11) is 0. The Morgan fingerprint density at radius 1 is 0.902 bits per heavy atom. The van der Waals surface area contributed by atoms with E-state index in [0.717, 1.165) is 0 Å². The van der Waals surface area contributed by atoms with E-state index in [1.54, 1.807) is 6.07 Å². The maximum Gasteiger partial charge on any atom is 0.372 e. The Balaban J connectivity index is 1.60. The second-order valence-electron chi connectivity index (χ2n) is 11.2. The smallest absolute Gasteiger partial charge is 0.372 e. The number of fused-ring (bicyclic) bond motifs is 2. The number of aromatic carboxylic acids is 1. The number of hydrogen-bond acceptors (Lipinski definition) is 11. The van der Waals surface area contributed by atoms with Crippen LogP contribution in [0.1, 0.15) is 45.2 Å². The molecule has 0 spiro atoms. The Kier molecular flexibility index (Phi) is 6.44. The molecular weight excluding hydrogens is 540 g/mol. The third-order valence-electron chi connectivity index (χ3n) is 8.73. The Morgan fingerprint density at radius 3 is 2.20 bits per heavy atom. The molecule has 3 heterocycles. The highest BCUT2D eigenvalue weighted by Crippen LogP contribution is 2.53. The minimum absolute atomic E-state index is 0.0236. The molecule has 0 amide bonds. The largest absolute Gasteiger partial charge is 0.486 e. The molecule has 3 aromatic rings. The zero-order valence-corrected chi connectivity index (χ0v) is 23.2. The summed E-state index contributed by atoms with van der Waals surface area (Å²) in [6, 6.07) is 8.63. The third kappa shape index (κ3) is 4.01. The maximum atomic E-state index is 13.6. The first kappa shape index (κ1) is 28.8. The molecule has 2 aliphatic rings. The maximum absolute atomic E-state index is 13.6. The van der Waals surface area contributed by atoms with Gasteiger partial charge in [0.2, 0.25) is 17.0 Å². The van der Waals surface area contributed by atoms with Crippen molar-refractivity contribution < 1.29 is 53.7 Å². The average molecular weight is 573 g/mol. The van der Waals surface area contributed by atoms with Crippen LogP contribution in [0, 0.1) is 0 Å². The van der Waals surface area contributed by atoms with Crippen LogP contribution < -0.4 is 19.6 Å². The van der Waals surface area contributed by atoms with Crippen LogP contribution >= 0.6 is 0 Å². The molecule has 1 saturated heterocycles. The zero-order chi connectivity index (χ0) is 30.2. The summed E-state index contributed by atoms with van der Waals surface area (Å²) in [4.78, 5) is 25.8. The molecule has 0 saturated carbocycles. The van der Waals surface area contributed by atoms with Gasteiger partial charge >= 0.3 is 5.97 Å². The van der Waals surface area contributed by atoms with E-state index in [0.29, 0.717) is 24.7 Å². The van der Waals surface area contributed by atoms with E-state index in [2.05, 4.69) is 0 Å². The predicted octanol–water partition coefficient (Wildman–Crippen LogP) is 2.06. The minimum atomic E-state index is -2.26. The van der Waals surface area contributed by atoms with Gasteiger partial charge < -0.3 is 48.9 Å². The number of carboxylic acids is 1. The lowest BCUT2D eigenvalue weighted by Crippen LogP contribution is -2.85. The van der Waals surface area contributed by atoms with Gasteiger partial charge in [0.25, 0.3) is 0 Å². The Labute approximate surface area is 234 Å². The number of rotatable bonds is 5. The van der Waals surface area contributed by atoms with E-state index >= 15 is 0 Å². The molecule has 5 rings (SSSR count). The summed E-state index contributed by atoms with van der Waals surface area (Å²) in [6.07, 6.45) is 0. The molecule has 0 radical (unpaired) electrons. The lowest BCUT2D eigenvalue weighted by Gasteiger charge is -2.64. The standard InChI is InChI=1S/C29H32O12/c1-25(14-30)26(2,34)27(3,35)28(4,36)29(5,41-25)40-16-7-8-17-19(13-16)39-23(24(32)33)21(22(17)31)15-6-9-18-20(12-15)38-11-10-37-18/h6-9,12-13,30,34-36H,10-11,14H2,1-5H3,(H,32,33)/t25-,26+,27+,28-,29+/m1/s1. The van der Waals surface area contributed by atoms with Gasteiger partial charge in [0.05, 0.1) is 17.6 Å². The molecule has 0 aliphatic carbocycles. The fourth-order valence-corrected chi connectivity index (χ4v) is 5.44. The van der Waals surface area contributed by atoms with Crippen molar-refractivity contribution in [1.82, 2.24) is 0 Å². The molecule has 41 heavy (non-hydrogen) atoms. The van der Waals surface area contributed by atoms with E-state index in [9.17, 15) is 35.1 Å². The van der Waals surface area contributed by atoms with Crippen molar-refractivity contribution in [2.75, 3.05) is 19.8 Å². The van der Waals surface area contributed by atoms with Gasteiger partial charge in [-0.3, -0.25) is 4.79 Å². The van der Waals surface area contributed by atoms with Crippen molar-refractivity contribution in [2.45, 2.75) is 62.8 Å². The van der Waals surface area contributed by atoms with Gasteiger partial charge in [-0.15, -0.1) is 0 Å². The topological polar surface area (TPSA) is 185 Å². The van der Waals surface area contributed by atoms with E-state index in [-0.39, 0.29) is 27.8 Å². The quantitative estimate of drug-likeness (QED) is 0.300. The number of carboxylic acid groups (broad SMARTS) is 1. The Morgan fingerprint density at radius 2 is 1.56 bits per heavy atom. The van der Waals surface area contributed by atoms with Crippen molar-refractivity contribution in [3.63, 3.8) is 0 Å². The van der Waals surface area contributed by atoms with Gasteiger partial charge in [0.1, 0.15) is 41.3 Å². The van der Waals surface area contributed by atoms with Crippen LogP contribution in [0.15, 0.2) is 45.6 Å². The summed E-state index contributed by atoms with van der Waals surface area (Å²) in [5, 5.41) is 53.9. The highest BCUT2D eigenvalue weighted by molar-refractivity contribution is 5.97. The number of aliphatic hydroxyl groups is 4. The Hall–Kier alpha value is -3.68. The third-order valence-corrected chi connectivity index (χ3v) is 8.73. The molecule has 5 atom stereocenters. The first-order valence-corrected chi connectivity index (χ1v) is 12.9. The predicted molar refractivity (Wildman–Crippen MR) is 143 cm³/mol.